The molecule has 2 rings (SSSR count). The summed E-state index contributed by atoms with van der Waals surface area (Å²) in [5, 5.41) is 0. The number of hydrogen-bond donors (Lipinski definition) is 0. The standard InChI is InChI=1S/C15H18O2/c1-3-17-14(16)15(2)11-13(15)10-9-12-7-5-4-6-8-12/h4-10,13H,3,11H2,1-2H3/b10-9+. The molecule has 2 unspecified atom stereocenters. The van der Waals surface area contributed by atoms with Crippen LogP contribution in [0, 0.1) is 11.3 Å². The van der Waals surface area contributed by atoms with Gasteiger partial charge in [-0.15, -0.1) is 0 Å². The molecule has 0 radical (unpaired) electrons. The summed E-state index contributed by atoms with van der Waals surface area (Å²) in [6.45, 7) is 4.28. The molecule has 2 nitrogen and oxygen atoms in total. The first-order valence-corrected chi connectivity index (χ1v) is 6.07. The lowest BCUT2D eigenvalue weighted by Gasteiger charge is -2.07. The molecular formula is C15H18O2. The Kier molecular flexibility index (Phi) is 3.32. The Bertz CT molecular complexity index is 422. The summed E-state index contributed by atoms with van der Waals surface area (Å²) >= 11 is 0. The van der Waals surface area contributed by atoms with Gasteiger partial charge in [0.15, 0.2) is 0 Å². The van der Waals surface area contributed by atoms with Gasteiger partial charge < -0.3 is 4.74 Å². The first kappa shape index (κ1) is 11.9. The normalized spacial score (nSPS) is 27.1. The van der Waals surface area contributed by atoms with Crippen LogP contribution in [0.3, 0.4) is 0 Å². The van der Waals surface area contributed by atoms with E-state index in [0.717, 1.165) is 6.42 Å². The molecule has 2 heteroatoms. The number of carbonyl (C=O) groups excluding carboxylic acids is 1. The van der Waals surface area contributed by atoms with Crippen molar-refractivity contribution < 1.29 is 9.53 Å². The summed E-state index contributed by atoms with van der Waals surface area (Å²) in [5.74, 6) is 0.254. The predicted molar refractivity (Wildman–Crippen MR) is 68.3 cm³/mol. The molecule has 1 fully saturated rings. The predicted octanol–water partition coefficient (Wildman–Crippen LogP) is 3.29. The van der Waals surface area contributed by atoms with Crippen molar-refractivity contribution in [3.05, 3.63) is 42.0 Å². The molecule has 17 heavy (non-hydrogen) atoms. The first-order chi connectivity index (χ1) is 8.16. The topological polar surface area (TPSA) is 26.3 Å². The molecule has 2 atom stereocenters. The van der Waals surface area contributed by atoms with E-state index in [0.29, 0.717) is 12.5 Å². The Morgan fingerprint density at radius 1 is 1.47 bits per heavy atom. The SMILES string of the molecule is CCOC(=O)C1(C)CC1/C=C/c1ccccc1. The minimum Gasteiger partial charge on any atom is -0.466 e. The number of rotatable bonds is 4. The number of carbonyl (C=O) groups is 1. The molecule has 0 saturated heterocycles. The van der Waals surface area contributed by atoms with E-state index in [1.54, 1.807) is 0 Å². The zero-order valence-corrected chi connectivity index (χ0v) is 10.3. The fourth-order valence-electron chi connectivity index (χ4n) is 2.00. The largest absolute Gasteiger partial charge is 0.466 e. The highest BCUT2D eigenvalue weighted by molar-refractivity contribution is 5.81. The highest BCUT2D eigenvalue weighted by Gasteiger charge is 2.55. The summed E-state index contributed by atoms with van der Waals surface area (Å²) in [7, 11) is 0. The van der Waals surface area contributed by atoms with Gasteiger partial charge in [-0.2, -0.15) is 0 Å². The van der Waals surface area contributed by atoms with Crippen molar-refractivity contribution in [3.8, 4) is 0 Å². The molecule has 0 amide bonds. The quantitative estimate of drug-likeness (QED) is 0.742. The van der Waals surface area contributed by atoms with Gasteiger partial charge >= 0.3 is 5.97 Å². The van der Waals surface area contributed by atoms with Crippen molar-refractivity contribution >= 4 is 12.0 Å². The van der Waals surface area contributed by atoms with Crippen molar-refractivity contribution in [2.45, 2.75) is 20.3 Å². The van der Waals surface area contributed by atoms with Crippen LogP contribution in [-0.2, 0) is 9.53 Å². The van der Waals surface area contributed by atoms with E-state index < -0.39 is 0 Å². The van der Waals surface area contributed by atoms with Crippen molar-refractivity contribution in [3.63, 3.8) is 0 Å². The third-order valence-electron chi connectivity index (χ3n) is 3.36. The molecule has 1 aliphatic carbocycles. The van der Waals surface area contributed by atoms with Gasteiger partial charge in [0.1, 0.15) is 0 Å². The lowest BCUT2D eigenvalue weighted by Crippen LogP contribution is -2.17. The van der Waals surface area contributed by atoms with E-state index >= 15 is 0 Å². The van der Waals surface area contributed by atoms with E-state index in [4.69, 9.17) is 4.74 Å². The van der Waals surface area contributed by atoms with Gasteiger partial charge in [-0.25, -0.2) is 0 Å². The average Bonchev–Trinajstić information content (AvgIpc) is 3.01. The van der Waals surface area contributed by atoms with Crippen molar-refractivity contribution in [2.75, 3.05) is 6.61 Å². The van der Waals surface area contributed by atoms with Gasteiger partial charge in [-0.3, -0.25) is 4.79 Å². The minimum absolute atomic E-state index is 0.0669. The summed E-state index contributed by atoms with van der Waals surface area (Å²) in [6, 6.07) is 10.1. The molecule has 90 valence electrons. The summed E-state index contributed by atoms with van der Waals surface area (Å²) < 4.78 is 5.08. The molecule has 0 N–H and O–H groups in total. The van der Waals surface area contributed by atoms with Crippen LogP contribution in [0.4, 0.5) is 0 Å². The summed E-state index contributed by atoms with van der Waals surface area (Å²) in [5.41, 5.74) is 0.881. The fourth-order valence-corrected chi connectivity index (χ4v) is 2.00. The highest BCUT2D eigenvalue weighted by atomic mass is 16.5. The van der Waals surface area contributed by atoms with Crippen molar-refractivity contribution in [1.82, 2.24) is 0 Å². The van der Waals surface area contributed by atoms with Crippen molar-refractivity contribution in [1.29, 1.82) is 0 Å². The zero-order valence-electron chi connectivity index (χ0n) is 10.3. The van der Waals surface area contributed by atoms with Crippen LogP contribution in [0.15, 0.2) is 36.4 Å². The Labute approximate surface area is 102 Å². The fraction of sp³-hybridized carbons (Fsp3) is 0.400. The Balaban J connectivity index is 1.95. The van der Waals surface area contributed by atoms with Crippen LogP contribution in [0.1, 0.15) is 25.8 Å². The van der Waals surface area contributed by atoms with E-state index in [2.05, 4.69) is 24.3 Å². The van der Waals surface area contributed by atoms with Crippen LogP contribution in [-0.4, -0.2) is 12.6 Å². The van der Waals surface area contributed by atoms with Crippen LogP contribution in [0.25, 0.3) is 6.08 Å². The Morgan fingerprint density at radius 2 is 2.18 bits per heavy atom. The van der Waals surface area contributed by atoms with Gasteiger partial charge in [0, 0.05) is 0 Å². The number of ether oxygens (including phenoxy) is 1. The second-order valence-corrected chi connectivity index (χ2v) is 4.72. The van der Waals surface area contributed by atoms with Crippen LogP contribution in [0.5, 0.6) is 0 Å². The molecule has 1 aromatic carbocycles. The minimum atomic E-state index is -0.290. The molecular weight excluding hydrogens is 212 g/mol. The van der Waals surface area contributed by atoms with Gasteiger partial charge in [-0.1, -0.05) is 42.5 Å². The second kappa shape index (κ2) is 4.74. The first-order valence-electron chi connectivity index (χ1n) is 6.07. The highest BCUT2D eigenvalue weighted by Crippen LogP contribution is 2.54. The van der Waals surface area contributed by atoms with Gasteiger partial charge in [0.2, 0.25) is 0 Å². The van der Waals surface area contributed by atoms with E-state index in [1.165, 1.54) is 5.56 Å². The zero-order chi connectivity index (χ0) is 12.3. The Hall–Kier alpha value is -1.57. The lowest BCUT2D eigenvalue weighted by molar-refractivity contribution is -0.149. The molecule has 0 aromatic heterocycles. The maximum absolute atomic E-state index is 11.7. The summed E-state index contributed by atoms with van der Waals surface area (Å²) in [6.07, 6.45) is 5.09. The van der Waals surface area contributed by atoms with Gasteiger partial charge in [0.25, 0.3) is 0 Å². The average molecular weight is 230 g/mol. The Morgan fingerprint density at radius 3 is 2.82 bits per heavy atom. The smallest absolute Gasteiger partial charge is 0.312 e. The van der Waals surface area contributed by atoms with Gasteiger partial charge in [-0.05, 0) is 31.7 Å². The van der Waals surface area contributed by atoms with Crippen LogP contribution in [0.2, 0.25) is 0 Å². The molecule has 1 aliphatic rings. The number of allylic oxidation sites excluding steroid dienone is 1. The molecule has 1 saturated carbocycles. The second-order valence-electron chi connectivity index (χ2n) is 4.72. The summed E-state index contributed by atoms with van der Waals surface area (Å²) in [4.78, 5) is 11.7. The third-order valence-corrected chi connectivity index (χ3v) is 3.36. The molecule has 0 aliphatic heterocycles. The maximum Gasteiger partial charge on any atom is 0.312 e. The molecule has 0 heterocycles. The molecule has 0 bridgehead atoms. The van der Waals surface area contributed by atoms with E-state index in [1.807, 2.05) is 32.0 Å². The van der Waals surface area contributed by atoms with Crippen molar-refractivity contribution in [2.24, 2.45) is 11.3 Å². The number of hydrogen-bond acceptors (Lipinski definition) is 2. The third kappa shape index (κ3) is 2.57. The van der Waals surface area contributed by atoms with Crippen LogP contribution < -0.4 is 0 Å². The molecule has 1 aromatic rings. The van der Waals surface area contributed by atoms with Crippen LogP contribution >= 0.6 is 0 Å². The molecule has 0 spiro atoms. The number of benzene rings is 1. The lowest BCUT2D eigenvalue weighted by atomic mass is 10.1. The maximum atomic E-state index is 11.7. The van der Waals surface area contributed by atoms with E-state index in [-0.39, 0.29) is 11.4 Å². The number of esters is 1. The monoisotopic (exact) mass is 230 g/mol. The van der Waals surface area contributed by atoms with E-state index in [9.17, 15) is 4.79 Å². The van der Waals surface area contributed by atoms with Gasteiger partial charge in [0.05, 0.1) is 12.0 Å².